The van der Waals surface area contributed by atoms with E-state index < -0.39 is 17.7 Å². The molecule has 39 heavy (non-hydrogen) atoms. The summed E-state index contributed by atoms with van der Waals surface area (Å²) in [5.41, 5.74) is 4.92. The molecule has 0 aliphatic carbocycles. The first kappa shape index (κ1) is 26.3. The molecule has 6 heteroatoms. The van der Waals surface area contributed by atoms with Crippen LogP contribution in [0, 0.1) is 0 Å². The second-order valence-corrected chi connectivity index (χ2v) is 11.1. The Morgan fingerprint density at radius 3 is 2.41 bits per heavy atom. The van der Waals surface area contributed by atoms with Gasteiger partial charge >= 0.3 is 0 Å². The molecule has 0 spiro atoms. The molecule has 3 aromatic carbocycles. The van der Waals surface area contributed by atoms with E-state index in [2.05, 4.69) is 25.8 Å². The molecular weight excluding hydrogens is 488 g/mol. The number of amides is 1. The Labute approximate surface area is 228 Å². The predicted octanol–water partition coefficient (Wildman–Crippen LogP) is 6.22. The van der Waals surface area contributed by atoms with Gasteiger partial charge in [-0.3, -0.25) is 9.59 Å². The average molecular weight is 523 g/mol. The molecule has 0 unspecified atom stereocenters. The van der Waals surface area contributed by atoms with Crippen LogP contribution < -0.4 is 4.74 Å². The summed E-state index contributed by atoms with van der Waals surface area (Å²) in [5, 5.41) is 12.1. The van der Waals surface area contributed by atoms with Crippen LogP contribution in [-0.2, 0) is 27.8 Å². The first-order valence-corrected chi connectivity index (χ1v) is 13.2. The second kappa shape index (κ2) is 10.4. The largest absolute Gasteiger partial charge is 0.503 e. The summed E-state index contributed by atoms with van der Waals surface area (Å²) in [7, 11) is 1.63. The van der Waals surface area contributed by atoms with Gasteiger partial charge in [-0.05, 0) is 52.3 Å². The van der Waals surface area contributed by atoms with Gasteiger partial charge in [0.2, 0.25) is 0 Å². The topological polar surface area (TPSA) is 82.6 Å². The Morgan fingerprint density at radius 1 is 1.03 bits per heavy atom. The lowest BCUT2D eigenvalue weighted by atomic mass is 9.85. The molecule has 5 rings (SSSR count). The number of ketones is 1. The third-order valence-corrected chi connectivity index (χ3v) is 7.50. The SMILES string of the molecule is COc1ccc2[nH]cc(CCN3C(=O)C(O)=C(C(=O)Cc4ccccc4)[C@@H]3c3ccc(C(C)(C)C)cc3)c2c1. The van der Waals surface area contributed by atoms with Gasteiger partial charge in [-0.15, -0.1) is 0 Å². The maximum Gasteiger partial charge on any atom is 0.290 e. The van der Waals surface area contributed by atoms with Crippen LogP contribution in [0.3, 0.4) is 0 Å². The first-order valence-electron chi connectivity index (χ1n) is 13.2. The van der Waals surface area contributed by atoms with E-state index in [-0.39, 0.29) is 23.2 Å². The van der Waals surface area contributed by atoms with Crippen molar-refractivity contribution in [2.75, 3.05) is 13.7 Å². The molecule has 200 valence electrons. The standard InChI is InChI=1S/C33H34N2O4/c1-33(2,3)24-12-10-22(11-13-24)30-29(28(36)18-21-8-6-5-7-9-21)31(37)32(38)35(30)17-16-23-20-34-27-15-14-25(39-4)19-26(23)27/h5-15,19-20,30,34,37H,16-18H2,1-4H3/t30-/m0/s1. The number of hydrogen-bond acceptors (Lipinski definition) is 4. The van der Waals surface area contributed by atoms with Crippen molar-refractivity contribution in [2.45, 2.75) is 45.1 Å². The van der Waals surface area contributed by atoms with Crippen LogP contribution in [0.5, 0.6) is 5.75 Å². The summed E-state index contributed by atoms with van der Waals surface area (Å²) < 4.78 is 5.40. The minimum absolute atomic E-state index is 0.0377. The number of rotatable bonds is 8. The van der Waals surface area contributed by atoms with Gasteiger partial charge in [-0.1, -0.05) is 75.4 Å². The number of Topliss-reactive ketones (excluding diaryl/α,β-unsaturated/α-hetero) is 1. The molecule has 6 nitrogen and oxygen atoms in total. The van der Waals surface area contributed by atoms with Gasteiger partial charge in [-0.2, -0.15) is 0 Å². The van der Waals surface area contributed by atoms with E-state index in [1.807, 2.05) is 79.0 Å². The van der Waals surface area contributed by atoms with Crippen molar-refractivity contribution in [3.05, 3.63) is 113 Å². The lowest BCUT2D eigenvalue weighted by Gasteiger charge is -2.28. The molecule has 0 bridgehead atoms. The Balaban J connectivity index is 1.49. The number of aromatic amines is 1. The molecule has 0 saturated carbocycles. The zero-order chi connectivity index (χ0) is 27.7. The Hall–Kier alpha value is -4.32. The summed E-state index contributed by atoms with van der Waals surface area (Å²) in [4.78, 5) is 31.9. The Bertz CT molecular complexity index is 1540. The van der Waals surface area contributed by atoms with E-state index >= 15 is 0 Å². The van der Waals surface area contributed by atoms with Crippen LogP contribution in [0.15, 0.2) is 90.3 Å². The van der Waals surface area contributed by atoms with E-state index in [1.165, 1.54) is 0 Å². The molecule has 4 aromatic rings. The number of fused-ring (bicyclic) bond motifs is 1. The number of carbonyl (C=O) groups is 2. The van der Waals surface area contributed by atoms with Crippen LogP contribution in [0.4, 0.5) is 0 Å². The second-order valence-electron chi connectivity index (χ2n) is 11.1. The molecule has 0 radical (unpaired) electrons. The summed E-state index contributed by atoms with van der Waals surface area (Å²) in [5.74, 6) is -0.475. The molecule has 1 amide bonds. The van der Waals surface area contributed by atoms with Gasteiger partial charge in [0.1, 0.15) is 5.75 Å². The van der Waals surface area contributed by atoms with Crippen LogP contribution in [0.1, 0.15) is 49.1 Å². The van der Waals surface area contributed by atoms with Crippen LogP contribution in [0.25, 0.3) is 10.9 Å². The van der Waals surface area contributed by atoms with Gasteiger partial charge in [-0.25, -0.2) is 0 Å². The summed E-state index contributed by atoms with van der Waals surface area (Å²) >= 11 is 0. The van der Waals surface area contributed by atoms with E-state index in [0.717, 1.165) is 38.9 Å². The maximum absolute atomic E-state index is 13.6. The molecule has 2 heterocycles. The van der Waals surface area contributed by atoms with Crippen molar-refractivity contribution in [1.29, 1.82) is 0 Å². The molecule has 2 N–H and O–H groups in total. The number of aliphatic hydroxyl groups excluding tert-OH is 1. The fraction of sp³-hybridized carbons (Fsp3) is 0.273. The summed E-state index contributed by atoms with van der Waals surface area (Å²) in [6, 6.07) is 22.6. The van der Waals surface area contributed by atoms with Crippen LogP contribution >= 0.6 is 0 Å². The summed E-state index contributed by atoms with van der Waals surface area (Å²) in [6.07, 6.45) is 2.59. The molecule has 1 aliphatic rings. The number of H-pyrrole nitrogens is 1. The third kappa shape index (κ3) is 5.19. The highest BCUT2D eigenvalue weighted by Crippen LogP contribution is 2.39. The molecule has 1 aliphatic heterocycles. The fourth-order valence-corrected chi connectivity index (χ4v) is 5.29. The fourth-order valence-electron chi connectivity index (χ4n) is 5.29. The average Bonchev–Trinajstić information content (AvgIpc) is 3.44. The van der Waals surface area contributed by atoms with Gasteiger partial charge in [0.05, 0.1) is 18.7 Å². The lowest BCUT2D eigenvalue weighted by molar-refractivity contribution is -0.129. The van der Waals surface area contributed by atoms with Gasteiger partial charge in [0, 0.05) is 30.1 Å². The van der Waals surface area contributed by atoms with E-state index in [1.54, 1.807) is 12.0 Å². The molecule has 1 aromatic heterocycles. The number of nitrogens with zero attached hydrogens (tertiary/aromatic N) is 1. The molecule has 0 fully saturated rings. The van der Waals surface area contributed by atoms with Crippen molar-refractivity contribution in [1.82, 2.24) is 9.88 Å². The monoisotopic (exact) mass is 522 g/mol. The molecular formula is C33H34N2O4. The Morgan fingerprint density at radius 2 is 1.74 bits per heavy atom. The lowest BCUT2D eigenvalue weighted by Crippen LogP contribution is -2.33. The molecule has 0 saturated heterocycles. The van der Waals surface area contributed by atoms with Crippen LogP contribution in [-0.4, -0.2) is 40.3 Å². The van der Waals surface area contributed by atoms with Gasteiger partial charge in [0.15, 0.2) is 11.5 Å². The normalized spacial score (nSPS) is 15.8. The first-order chi connectivity index (χ1) is 18.7. The number of nitrogens with one attached hydrogen (secondary N) is 1. The predicted molar refractivity (Wildman–Crippen MR) is 153 cm³/mol. The quantitative estimate of drug-likeness (QED) is 0.288. The van der Waals surface area contributed by atoms with Crippen molar-refractivity contribution < 1.29 is 19.4 Å². The van der Waals surface area contributed by atoms with Crippen molar-refractivity contribution in [3.63, 3.8) is 0 Å². The third-order valence-electron chi connectivity index (χ3n) is 7.50. The highest BCUT2D eigenvalue weighted by Gasteiger charge is 2.43. The van der Waals surface area contributed by atoms with E-state index in [0.29, 0.717) is 13.0 Å². The highest BCUT2D eigenvalue weighted by atomic mass is 16.5. The zero-order valence-electron chi connectivity index (χ0n) is 22.8. The van der Waals surface area contributed by atoms with Gasteiger partial charge in [0.25, 0.3) is 5.91 Å². The van der Waals surface area contributed by atoms with Crippen molar-refractivity contribution >= 4 is 22.6 Å². The minimum atomic E-state index is -0.664. The van der Waals surface area contributed by atoms with Crippen molar-refractivity contribution in [3.8, 4) is 5.75 Å². The minimum Gasteiger partial charge on any atom is -0.503 e. The number of aromatic nitrogens is 1. The van der Waals surface area contributed by atoms with Gasteiger partial charge < -0.3 is 19.7 Å². The smallest absolute Gasteiger partial charge is 0.290 e. The number of ether oxygens (including phenoxy) is 1. The summed E-state index contributed by atoms with van der Waals surface area (Å²) in [6.45, 7) is 6.76. The van der Waals surface area contributed by atoms with Crippen molar-refractivity contribution in [2.24, 2.45) is 0 Å². The maximum atomic E-state index is 13.6. The zero-order valence-corrected chi connectivity index (χ0v) is 22.8. The highest BCUT2D eigenvalue weighted by molar-refractivity contribution is 6.09. The number of carbonyl (C=O) groups excluding carboxylic acids is 2. The Kier molecular flexibility index (Phi) is 7.04. The van der Waals surface area contributed by atoms with Crippen LogP contribution in [0.2, 0.25) is 0 Å². The number of aliphatic hydroxyl groups is 1. The number of methoxy groups -OCH3 is 1. The molecule has 1 atom stereocenters. The van der Waals surface area contributed by atoms with E-state index in [9.17, 15) is 14.7 Å². The number of hydrogen-bond donors (Lipinski definition) is 2. The van der Waals surface area contributed by atoms with E-state index in [4.69, 9.17) is 4.74 Å². The number of benzene rings is 3.